The minimum absolute atomic E-state index is 0.000704. The van der Waals surface area contributed by atoms with Crippen LogP contribution < -0.4 is 15.0 Å². The van der Waals surface area contributed by atoms with Crippen LogP contribution in [-0.4, -0.2) is 25.5 Å². The van der Waals surface area contributed by atoms with Crippen LogP contribution in [0.2, 0.25) is 0 Å². The van der Waals surface area contributed by atoms with Crippen molar-refractivity contribution in [3.05, 3.63) is 95.6 Å². The Morgan fingerprint density at radius 3 is 2.52 bits per heavy atom. The van der Waals surface area contributed by atoms with Gasteiger partial charge in [0.15, 0.2) is 0 Å². The molecule has 1 heterocycles. The Bertz CT molecular complexity index is 1110. The van der Waals surface area contributed by atoms with E-state index in [1.807, 2.05) is 77.7 Å². The van der Waals surface area contributed by atoms with Crippen LogP contribution in [0.3, 0.4) is 0 Å². The Labute approximate surface area is 182 Å². The van der Waals surface area contributed by atoms with Gasteiger partial charge in [0.25, 0.3) is 5.91 Å². The first kappa shape index (κ1) is 20.4. The average molecular weight is 412 g/mol. The SMILES string of the molecule is COc1ccc(C=CC(=O)Nc2ccc3c(c2)CCCN3C(=O)c2ccccc2)cc1. The molecule has 0 bridgehead atoms. The Balaban J connectivity index is 1.45. The summed E-state index contributed by atoms with van der Waals surface area (Å²) >= 11 is 0. The largest absolute Gasteiger partial charge is 0.497 e. The van der Waals surface area contributed by atoms with E-state index in [0.717, 1.165) is 41.1 Å². The van der Waals surface area contributed by atoms with E-state index in [1.165, 1.54) is 6.08 Å². The van der Waals surface area contributed by atoms with Gasteiger partial charge >= 0.3 is 0 Å². The summed E-state index contributed by atoms with van der Waals surface area (Å²) in [5.41, 5.74) is 4.28. The van der Waals surface area contributed by atoms with Crippen molar-refractivity contribution < 1.29 is 14.3 Å². The Hall–Kier alpha value is -3.86. The predicted octanol–water partition coefficient (Wildman–Crippen LogP) is 4.94. The molecule has 5 heteroatoms. The zero-order valence-corrected chi connectivity index (χ0v) is 17.4. The fraction of sp³-hybridized carbons (Fsp3) is 0.154. The lowest BCUT2D eigenvalue weighted by Gasteiger charge is -2.30. The number of hydrogen-bond acceptors (Lipinski definition) is 3. The van der Waals surface area contributed by atoms with Crippen LogP contribution in [0.4, 0.5) is 11.4 Å². The summed E-state index contributed by atoms with van der Waals surface area (Å²) in [4.78, 5) is 27.1. The lowest BCUT2D eigenvalue weighted by atomic mass is 10.00. The van der Waals surface area contributed by atoms with Crippen molar-refractivity contribution in [2.45, 2.75) is 12.8 Å². The third-order valence-electron chi connectivity index (χ3n) is 5.27. The highest BCUT2D eigenvalue weighted by molar-refractivity contribution is 6.07. The fourth-order valence-corrected chi connectivity index (χ4v) is 3.69. The minimum Gasteiger partial charge on any atom is -0.497 e. The lowest BCUT2D eigenvalue weighted by molar-refractivity contribution is -0.111. The summed E-state index contributed by atoms with van der Waals surface area (Å²) in [6.07, 6.45) is 5.03. The average Bonchev–Trinajstić information content (AvgIpc) is 2.82. The number of amides is 2. The lowest BCUT2D eigenvalue weighted by Crippen LogP contribution is -2.35. The molecule has 0 atom stereocenters. The second-order valence-electron chi connectivity index (χ2n) is 7.37. The molecule has 5 nitrogen and oxygen atoms in total. The molecule has 1 aliphatic heterocycles. The Morgan fingerprint density at radius 1 is 1.00 bits per heavy atom. The molecule has 156 valence electrons. The summed E-state index contributed by atoms with van der Waals surface area (Å²) in [6.45, 7) is 0.692. The molecule has 0 aliphatic carbocycles. The van der Waals surface area contributed by atoms with E-state index in [4.69, 9.17) is 4.74 Å². The van der Waals surface area contributed by atoms with Crippen molar-refractivity contribution in [2.24, 2.45) is 0 Å². The molecule has 0 radical (unpaired) electrons. The number of ether oxygens (including phenoxy) is 1. The topological polar surface area (TPSA) is 58.6 Å². The van der Waals surface area contributed by atoms with Crippen LogP contribution in [0.5, 0.6) is 5.75 Å². The summed E-state index contributed by atoms with van der Waals surface area (Å²) in [7, 11) is 1.62. The van der Waals surface area contributed by atoms with Gasteiger partial charge in [-0.3, -0.25) is 9.59 Å². The van der Waals surface area contributed by atoms with E-state index in [1.54, 1.807) is 13.2 Å². The van der Waals surface area contributed by atoms with Crippen molar-refractivity contribution in [1.82, 2.24) is 0 Å². The van der Waals surface area contributed by atoms with Gasteiger partial charge in [0, 0.05) is 29.6 Å². The van der Waals surface area contributed by atoms with Crippen molar-refractivity contribution >= 4 is 29.3 Å². The Kier molecular flexibility index (Phi) is 6.13. The molecule has 0 fully saturated rings. The van der Waals surface area contributed by atoms with Crippen molar-refractivity contribution in [3.63, 3.8) is 0 Å². The fourth-order valence-electron chi connectivity index (χ4n) is 3.69. The van der Waals surface area contributed by atoms with Crippen molar-refractivity contribution in [3.8, 4) is 5.75 Å². The van der Waals surface area contributed by atoms with Gasteiger partial charge in [-0.15, -0.1) is 0 Å². The van der Waals surface area contributed by atoms with E-state index in [9.17, 15) is 9.59 Å². The maximum absolute atomic E-state index is 12.9. The maximum atomic E-state index is 12.9. The van der Waals surface area contributed by atoms with E-state index in [2.05, 4.69) is 5.32 Å². The number of methoxy groups -OCH3 is 1. The Morgan fingerprint density at radius 2 is 1.77 bits per heavy atom. The highest BCUT2D eigenvalue weighted by atomic mass is 16.5. The number of carbonyl (C=O) groups is 2. The number of aryl methyl sites for hydroxylation is 1. The van der Waals surface area contributed by atoms with Gasteiger partial charge in [-0.05, 0) is 72.5 Å². The maximum Gasteiger partial charge on any atom is 0.258 e. The first-order valence-electron chi connectivity index (χ1n) is 10.3. The number of benzene rings is 3. The molecule has 4 rings (SSSR count). The van der Waals surface area contributed by atoms with E-state index >= 15 is 0 Å². The van der Waals surface area contributed by atoms with Crippen molar-refractivity contribution in [2.75, 3.05) is 23.9 Å². The van der Waals surface area contributed by atoms with Gasteiger partial charge in [-0.2, -0.15) is 0 Å². The number of carbonyl (C=O) groups excluding carboxylic acids is 2. The minimum atomic E-state index is -0.205. The summed E-state index contributed by atoms with van der Waals surface area (Å²) < 4.78 is 5.14. The van der Waals surface area contributed by atoms with E-state index in [0.29, 0.717) is 12.1 Å². The summed E-state index contributed by atoms with van der Waals surface area (Å²) in [5, 5.41) is 2.91. The molecular weight excluding hydrogens is 388 g/mol. The molecule has 3 aromatic rings. The van der Waals surface area contributed by atoms with Crippen LogP contribution >= 0.6 is 0 Å². The number of anilines is 2. The molecule has 0 unspecified atom stereocenters. The molecule has 1 aliphatic rings. The number of rotatable bonds is 5. The van der Waals surface area contributed by atoms with Gasteiger partial charge in [-0.1, -0.05) is 30.3 Å². The smallest absolute Gasteiger partial charge is 0.258 e. The first-order chi connectivity index (χ1) is 15.1. The molecule has 1 N–H and O–H groups in total. The number of hydrogen-bond donors (Lipinski definition) is 1. The summed E-state index contributed by atoms with van der Waals surface area (Å²) in [5.74, 6) is 0.569. The van der Waals surface area contributed by atoms with E-state index in [-0.39, 0.29) is 11.8 Å². The molecule has 2 amide bonds. The van der Waals surface area contributed by atoms with E-state index < -0.39 is 0 Å². The molecule has 0 saturated heterocycles. The van der Waals surface area contributed by atoms with Crippen LogP contribution in [-0.2, 0) is 11.2 Å². The van der Waals surface area contributed by atoms with Gasteiger partial charge in [0.05, 0.1) is 7.11 Å². The zero-order chi connectivity index (χ0) is 21.6. The van der Waals surface area contributed by atoms with Gasteiger partial charge in [-0.25, -0.2) is 0 Å². The van der Waals surface area contributed by atoms with Crippen LogP contribution in [0, 0.1) is 0 Å². The van der Waals surface area contributed by atoms with Crippen LogP contribution in [0.15, 0.2) is 78.9 Å². The highest BCUT2D eigenvalue weighted by Crippen LogP contribution is 2.31. The number of nitrogens with zero attached hydrogens (tertiary/aromatic N) is 1. The molecule has 31 heavy (non-hydrogen) atoms. The first-order valence-corrected chi connectivity index (χ1v) is 10.3. The second kappa shape index (κ2) is 9.30. The standard InChI is InChI=1S/C26H24N2O3/c1-31-23-13-9-19(10-14-23)11-16-25(29)27-22-12-15-24-21(18-22)8-5-17-28(24)26(30)20-6-3-2-4-7-20/h2-4,6-7,9-16,18H,5,8,17H2,1H3,(H,27,29). The molecular formula is C26H24N2O3. The molecule has 0 aromatic heterocycles. The third kappa shape index (κ3) is 4.83. The number of nitrogens with one attached hydrogen (secondary N) is 1. The summed E-state index contributed by atoms with van der Waals surface area (Å²) in [6, 6.07) is 22.5. The predicted molar refractivity (Wildman–Crippen MR) is 124 cm³/mol. The van der Waals surface area contributed by atoms with Crippen molar-refractivity contribution in [1.29, 1.82) is 0 Å². The quantitative estimate of drug-likeness (QED) is 0.604. The zero-order valence-electron chi connectivity index (χ0n) is 17.4. The van der Waals surface area contributed by atoms with Crippen LogP contribution in [0.1, 0.15) is 27.9 Å². The third-order valence-corrected chi connectivity index (χ3v) is 5.27. The second-order valence-corrected chi connectivity index (χ2v) is 7.37. The molecule has 3 aromatic carbocycles. The van der Waals surface area contributed by atoms with Gasteiger partial charge < -0.3 is 15.0 Å². The monoisotopic (exact) mass is 412 g/mol. The van der Waals surface area contributed by atoms with Gasteiger partial charge in [0.2, 0.25) is 5.91 Å². The highest BCUT2D eigenvalue weighted by Gasteiger charge is 2.23. The van der Waals surface area contributed by atoms with Gasteiger partial charge in [0.1, 0.15) is 5.75 Å². The number of fused-ring (bicyclic) bond motifs is 1. The normalized spacial score (nSPS) is 13.0. The van der Waals surface area contributed by atoms with Crippen LogP contribution in [0.25, 0.3) is 6.08 Å². The molecule has 0 spiro atoms. The molecule has 0 saturated carbocycles.